The van der Waals surface area contributed by atoms with Crippen molar-refractivity contribution in [1.82, 2.24) is 10.2 Å². The molecule has 0 spiro atoms. The molecule has 122 valence electrons. The number of likely N-dealkylation sites (tertiary alicyclic amines) is 1. The van der Waals surface area contributed by atoms with Crippen LogP contribution in [0.2, 0.25) is 0 Å². The van der Waals surface area contributed by atoms with Crippen LogP contribution in [0.5, 0.6) is 0 Å². The molecular weight excluding hydrogens is 264 g/mol. The number of carbonyl (C=O) groups is 1. The molecule has 2 fully saturated rings. The maximum atomic E-state index is 12.1. The van der Waals surface area contributed by atoms with Crippen molar-refractivity contribution in [3.8, 4) is 0 Å². The largest absolute Gasteiger partial charge is 0.465 e. The summed E-state index contributed by atoms with van der Waals surface area (Å²) in [4.78, 5) is 14.6. The van der Waals surface area contributed by atoms with Gasteiger partial charge < -0.3 is 15.0 Å². The van der Waals surface area contributed by atoms with Crippen LogP contribution in [-0.2, 0) is 9.53 Å². The minimum atomic E-state index is -0.145. The molecule has 0 aromatic heterocycles. The van der Waals surface area contributed by atoms with Crippen molar-refractivity contribution in [3.05, 3.63) is 0 Å². The van der Waals surface area contributed by atoms with E-state index in [9.17, 15) is 4.79 Å². The van der Waals surface area contributed by atoms with E-state index < -0.39 is 0 Å². The zero-order chi connectivity index (χ0) is 15.2. The molecule has 1 N–H and O–H groups in total. The molecule has 0 bridgehead atoms. The first-order valence-electron chi connectivity index (χ1n) is 8.75. The van der Waals surface area contributed by atoms with Crippen LogP contribution in [0.3, 0.4) is 0 Å². The fraction of sp³-hybridized carbons (Fsp3) is 0.941. The van der Waals surface area contributed by atoms with E-state index in [0.29, 0.717) is 12.6 Å². The van der Waals surface area contributed by atoms with Gasteiger partial charge in [0.25, 0.3) is 0 Å². The molecule has 1 saturated carbocycles. The minimum Gasteiger partial charge on any atom is -0.465 e. The van der Waals surface area contributed by atoms with Gasteiger partial charge in [-0.2, -0.15) is 0 Å². The summed E-state index contributed by atoms with van der Waals surface area (Å²) in [5, 5.41) is 3.46. The van der Waals surface area contributed by atoms with Crippen molar-refractivity contribution >= 4 is 5.97 Å². The number of esters is 1. The van der Waals surface area contributed by atoms with Crippen molar-refractivity contribution in [3.63, 3.8) is 0 Å². The van der Waals surface area contributed by atoms with Gasteiger partial charge in [-0.3, -0.25) is 4.79 Å². The lowest BCUT2D eigenvalue weighted by molar-refractivity contribution is -0.146. The first-order valence-corrected chi connectivity index (χ1v) is 8.75. The van der Waals surface area contributed by atoms with Crippen LogP contribution in [0.1, 0.15) is 52.9 Å². The van der Waals surface area contributed by atoms with Gasteiger partial charge in [-0.25, -0.2) is 0 Å². The van der Waals surface area contributed by atoms with Crippen molar-refractivity contribution in [2.24, 2.45) is 11.8 Å². The highest BCUT2D eigenvalue weighted by Gasteiger charge is 2.31. The van der Waals surface area contributed by atoms with Crippen LogP contribution in [0.4, 0.5) is 0 Å². The summed E-state index contributed by atoms with van der Waals surface area (Å²) in [5.41, 5.74) is 0. The Kier molecular flexibility index (Phi) is 6.49. The van der Waals surface area contributed by atoms with E-state index >= 15 is 0 Å². The Labute approximate surface area is 129 Å². The van der Waals surface area contributed by atoms with Crippen LogP contribution in [0, 0.1) is 11.8 Å². The van der Waals surface area contributed by atoms with E-state index in [1.54, 1.807) is 0 Å². The summed E-state index contributed by atoms with van der Waals surface area (Å²) < 4.78 is 5.24. The van der Waals surface area contributed by atoms with Gasteiger partial charge in [-0.15, -0.1) is 0 Å². The highest BCUT2D eigenvalue weighted by Crippen LogP contribution is 2.25. The monoisotopic (exact) mass is 296 g/mol. The Bertz CT molecular complexity index is 329. The maximum Gasteiger partial charge on any atom is 0.324 e. The molecule has 1 heterocycles. The second-order valence-electron chi connectivity index (χ2n) is 6.98. The van der Waals surface area contributed by atoms with E-state index in [0.717, 1.165) is 31.5 Å². The molecule has 0 aromatic carbocycles. The lowest BCUT2D eigenvalue weighted by Gasteiger charge is -2.26. The minimum absolute atomic E-state index is 0.0749. The van der Waals surface area contributed by atoms with Crippen LogP contribution in [-0.4, -0.2) is 49.2 Å². The fourth-order valence-electron chi connectivity index (χ4n) is 3.26. The number of rotatable bonds is 7. The average molecular weight is 296 g/mol. The van der Waals surface area contributed by atoms with E-state index in [1.165, 1.54) is 32.1 Å². The van der Waals surface area contributed by atoms with Crippen LogP contribution in [0.15, 0.2) is 0 Å². The number of nitrogens with zero attached hydrogens (tertiary/aromatic N) is 1. The average Bonchev–Trinajstić information content (AvgIpc) is 3.25. The lowest BCUT2D eigenvalue weighted by Crippen LogP contribution is -2.48. The summed E-state index contributed by atoms with van der Waals surface area (Å²) >= 11 is 0. The smallest absolute Gasteiger partial charge is 0.324 e. The van der Waals surface area contributed by atoms with Gasteiger partial charge in [-0.05, 0) is 64.0 Å². The summed E-state index contributed by atoms with van der Waals surface area (Å²) in [6.07, 6.45) is 6.24. The topological polar surface area (TPSA) is 41.6 Å². The molecular formula is C17H32N2O2. The summed E-state index contributed by atoms with van der Waals surface area (Å²) in [5.74, 6) is 1.54. The molecule has 1 aliphatic heterocycles. The Balaban J connectivity index is 1.85. The second kappa shape index (κ2) is 8.14. The van der Waals surface area contributed by atoms with Crippen LogP contribution >= 0.6 is 0 Å². The van der Waals surface area contributed by atoms with Gasteiger partial charge in [0.1, 0.15) is 6.04 Å². The summed E-state index contributed by atoms with van der Waals surface area (Å²) in [6.45, 7) is 10.0. The number of nitrogens with one attached hydrogen (secondary N) is 1. The van der Waals surface area contributed by atoms with Crippen molar-refractivity contribution in [2.75, 3.05) is 26.2 Å². The van der Waals surface area contributed by atoms with Gasteiger partial charge in [0.2, 0.25) is 0 Å². The molecule has 2 aliphatic rings. The molecule has 0 amide bonds. The van der Waals surface area contributed by atoms with Crippen LogP contribution < -0.4 is 5.32 Å². The highest BCUT2D eigenvalue weighted by molar-refractivity contribution is 5.76. The van der Waals surface area contributed by atoms with Gasteiger partial charge in [-0.1, -0.05) is 13.8 Å². The molecule has 1 saturated heterocycles. The number of hydrogen-bond acceptors (Lipinski definition) is 4. The third-order valence-corrected chi connectivity index (χ3v) is 4.83. The van der Waals surface area contributed by atoms with Gasteiger partial charge in [0.15, 0.2) is 0 Å². The third kappa shape index (κ3) is 5.59. The number of carbonyl (C=O) groups excluding carboxylic acids is 1. The first-order chi connectivity index (χ1) is 10.1. The van der Waals surface area contributed by atoms with E-state index in [1.807, 2.05) is 6.92 Å². The molecule has 1 aliphatic carbocycles. The SMILES string of the molecule is CCOC(=O)C(CN1CCCC(C(C)C)CC1)NC1CC1. The second-order valence-corrected chi connectivity index (χ2v) is 6.98. The normalized spacial score (nSPS) is 25.6. The molecule has 0 radical (unpaired) electrons. The molecule has 4 heteroatoms. The van der Waals surface area contributed by atoms with Crippen molar-refractivity contribution in [2.45, 2.75) is 65.0 Å². The van der Waals surface area contributed by atoms with E-state index in [2.05, 4.69) is 24.1 Å². The molecule has 2 rings (SSSR count). The standard InChI is InChI=1S/C17H32N2O2/c1-4-21-17(20)16(18-15-7-8-15)12-19-10-5-6-14(9-11-19)13(2)3/h13-16,18H,4-12H2,1-3H3. The fourth-order valence-corrected chi connectivity index (χ4v) is 3.26. The maximum absolute atomic E-state index is 12.1. The first kappa shape index (κ1) is 16.8. The number of hydrogen-bond donors (Lipinski definition) is 1. The Morgan fingerprint density at radius 1 is 1.24 bits per heavy atom. The van der Waals surface area contributed by atoms with Crippen molar-refractivity contribution < 1.29 is 9.53 Å². The lowest BCUT2D eigenvalue weighted by atomic mass is 9.89. The molecule has 2 unspecified atom stereocenters. The highest BCUT2D eigenvalue weighted by atomic mass is 16.5. The summed E-state index contributed by atoms with van der Waals surface area (Å²) in [6, 6.07) is 0.392. The predicted octanol–water partition coefficient (Wildman–Crippen LogP) is 2.43. The Morgan fingerprint density at radius 3 is 2.62 bits per heavy atom. The van der Waals surface area contributed by atoms with Gasteiger partial charge >= 0.3 is 5.97 Å². The zero-order valence-electron chi connectivity index (χ0n) is 13.9. The quantitative estimate of drug-likeness (QED) is 0.733. The van der Waals surface area contributed by atoms with Gasteiger partial charge in [0, 0.05) is 12.6 Å². The summed E-state index contributed by atoms with van der Waals surface area (Å²) in [7, 11) is 0. The molecule has 4 nitrogen and oxygen atoms in total. The zero-order valence-corrected chi connectivity index (χ0v) is 13.9. The van der Waals surface area contributed by atoms with Crippen LogP contribution in [0.25, 0.3) is 0 Å². The molecule has 2 atom stereocenters. The van der Waals surface area contributed by atoms with E-state index in [4.69, 9.17) is 4.74 Å². The van der Waals surface area contributed by atoms with Crippen molar-refractivity contribution in [1.29, 1.82) is 0 Å². The van der Waals surface area contributed by atoms with Gasteiger partial charge in [0.05, 0.1) is 6.61 Å². The Hall–Kier alpha value is -0.610. The Morgan fingerprint density at radius 2 is 2.00 bits per heavy atom. The number of ether oxygens (including phenoxy) is 1. The van der Waals surface area contributed by atoms with E-state index in [-0.39, 0.29) is 12.0 Å². The predicted molar refractivity (Wildman–Crippen MR) is 85.2 cm³/mol. The molecule has 0 aromatic rings. The third-order valence-electron chi connectivity index (χ3n) is 4.83. The molecule has 21 heavy (non-hydrogen) atoms.